The summed E-state index contributed by atoms with van der Waals surface area (Å²) in [5.74, 6) is 0. The Morgan fingerprint density at radius 1 is 1.07 bits per heavy atom. The van der Waals surface area contributed by atoms with Gasteiger partial charge in [0.15, 0.2) is 0 Å². The molecule has 2 aromatic rings. The van der Waals surface area contributed by atoms with Crippen molar-refractivity contribution in [3.63, 3.8) is 0 Å². The molecule has 0 radical (unpaired) electrons. The third-order valence-electron chi connectivity index (χ3n) is 5.40. The van der Waals surface area contributed by atoms with E-state index in [1.165, 1.54) is 39.2 Å². The molecule has 0 saturated carbocycles. The summed E-state index contributed by atoms with van der Waals surface area (Å²) < 4.78 is 0. The lowest BCUT2D eigenvalue weighted by molar-refractivity contribution is 0.625. The molecule has 0 aliphatic rings. The van der Waals surface area contributed by atoms with Crippen LogP contribution in [-0.2, 0) is 0 Å². The number of nitrogens with zero attached hydrogens (tertiary/aromatic N) is 1. The molecule has 0 heterocycles. The second-order valence-corrected chi connectivity index (χ2v) is 7.73. The number of rotatable bonds is 9. The van der Waals surface area contributed by atoms with E-state index in [1.807, 2.05) is 0 Å². The van der Waals surface area contributed by atoms with Crippen LogP contribution in [0.1, 0.15) is 49.4 Å². The number of allylic oxidation sites excluding steroid dienone is 1. The Labute approximate surface area is 172 Å². The van der Waals surface area contributed by atoms with Gasteiger partial charge in [-0.05, 0) is 75.9 Å². The van der Waals surface area contributed by atoms with Crippen LogP contribution in [0.25, 0.3) is 5.70 Å². The highest BCUT2D eigenvalue weighted by Crippen LogP contribution is 2.24. The minimum absolute atomic E-state index is 0.240. The topological polar surface area (TPSA) is 15.3 Å². The van der Waals surface area contributed by atoms with E-state index in [9.17, 15) is 0 Å². The van der Waals surface area contributed by atoms with Crippen LogP contribution >= 0.6 is 0 Å². The molecule has 0 saturated heterocycles. The van der Waals surface area contributed by atoms with E-state index in [1.54, 1.807) is 0 Å². The van der Waals surface area contributed by atoms with Crippen molar-refractivity contribution in [1.82, 2.24) is 5.32 Å². The monoisotopic (exact) mass is 376 g/mol. The van der Waals surface area contributed by atoms with Crippen LogP contribution < -0.4 is 10.2 Å². The zero-order valence-electron chi connectivity index (χ0n) is 18.5. The number of hydrogen-bond acceptors (Lipinski definition) is 2. The highest BCUT2D eigenvalue weighted by atomic mass is 15.2. The normalized spacial score (nSPS) is 12.6. The maximum atomic E-state index is 4.30. The SMILES string of the molecule is C=C(C)C(CN/C(=C\C)c1cc(C)c(C)cc1C)N(CCC)c1ccccc1. The van der Waals surface area contributed by atoms with Gasteiger partial charge in [-0.15, -0.1) is 0 Å². The van der Waals surface area contributed by atoms with Gasteiger partial charge >= 0.3 is 0 Å². The molecule has 0 spiro atoms. The van der Waals surface area contributed by atoms with Crippen molar-refractivity contribution in [2.75, 3.05) is 18.0 Å². The van der Waals surface area contributed by atoms with E-state index in [0.29, 0.717) is 0 Å². The van der Waals surface area contributed by atoms with Crippen molar-refractivity contribution >= 4 is 11.4 Å². The van der Waals surface area contributed by atoms with Gasteiger partial charge in [0.2, 0.25) is 0 Å². The van der Waals surface area contributed by atoms with Gasteiger partial charge in [0, 0.05) is 30.0 Å². The highest BCUT2D eigenvalue weighted by molar-refractivity contribution is 5.68. The molecular formula is C26H36N2. The second kappa shape index (κ2) is 10.2. The molecule has 0 bridgehead atoms. The zero-order chi connectivity index (χ0) is 20.7. The van der Waals surface area contributed by atoms with Gasteiger partial charge in [-0.3, -0.25) is 0 Å². The van der Waals surface area contributed by atoms with Crippen molar-refractivity contribution in [3.8, 4) is 0 Å². The first-order chi connectivity index (χ1) is 13.4. The van der Waals surface area contributed by atoms with Gasteiger partial charge in [-0.2, -0.15) is 0 Å². The second-order valence-electron chi connectivity index (χ2n) is 7.73. The molecule has 2 nitrogen and oxygen atoms in total. The fraction of sp³-hybridized carbons (Fsp3) is 0.385. The van der Waals surface area contributed by atoms with Crippen LogP contribution in [0.3, 0.4) is 0 Å². The lowest BCUT2D eigenvalue weighted by Gasteiger charge is -2.35. The van der Waals surface area contributed by atoms with Gasteiger partial charge in [0.05, 0.1) is 6.04 Å². The van der Waals surface area contributed by atoms with E-state index in [2.05, 4.69) is 107 Å². The number of para-hydroxylation sites is 1. The quantitative estimate of drug-likeness (QED) is 0.508. The Morgan fingerprint density at radius 2 is 1.71 bits per heavy atom. The van der Waals surface area contributed by atoms with Gasteiger partial charge in [-0.1, -0.05) is 49.4 Å². The molecular weight excluding hydrogens is 340 g/mol. The average molecular weight is 377 g/mol. The molecule has 2 rings (SSSR count). The van der Waals surface area contributed by atoms with Crippen LogP contribution in [0.4, 0.5) is 5.69 Å². The van der Waals surface area contributed by atoms with Crippen LogP contribution in [0.15, 0.2) is 60.7 Å². The molecule has 1 unspecified atom stereocenters. The smallest absolute Gasteiger partial charge is 0.0669 e. The predicted octanol–water partition coefficient (Wildman–Crippen LogP) is 6.42. The lowest BCUT2D eigenvalue weighted by atomic mass is 9.98. The van der Waals surface area contributed by atoms with Crippen molar-refractivity contribution in [1.29, 1.82) is 0 Å². The summed E-state index contributed by atoms with van der Waals surface area (Å²) in [5, 5.41) is 3.72. The first kappa shape index (κ1) is 21.8. The Balaban J connectivity index is 2.26. The third kappa shape index (κ3) is 5.28. The van der Waals surface area contributed by atoms with Crippen LogP contribution in [0.2, 0.25) is 0 Å². The maximum absolute atomic E-state index is 4.30. The summed E-state index contributed by atoms with van der Waals surface area (Å²) in [5.41, 5.74) is 8.89. The fourth-order valence-electron chi connectivity index (χ4n) is 3.69. The Hall–Kier alpha value is -2.48. The minimum Gasteiger partial charge on any atom is -0.382 e. The number of benzene rings is 2. The largest absolute Gasteiger partial charge is 0.382 e. The molecule has 0 amide bonds. The van der Waals surface area contributed by atoms with E-state index in [-0.39, 0.29) is 6.04 Å². The first-order valence-corrected chi connectivity index (χ1v) is 10.3. The molecule has 2 aromatic carbocycles. The predicted molar refractivity (Wildman–Crippen MR) is 125 cm³/mol. The van der Waals surface area contributed by atoms with Crippen molar-refractivity contribution in [2.24, 2.45) is 0 Å². The molecule has 150 valence electrons. The van der Waals surface area contributed by atoms with Gasteiger partial charge in [0.25, 0.3) is 0 Å². The van der Waals surface area contributed by atoms with Crippen molar-refractivity contribution < 1.29 is 0 Å². The van der Waals surface area contributed by atoms with Crippen LogP contribution in [-0.4, -0.2) is 19.1 Å². The van der Waals surface area contributed by atoms with Crippen molar-refractivity contribution in [2.45, 2.75) is 54.0 Å². The molecule has 0 aliphatic carbocycles. The molecule has 28 heavy (non-hydrogen) atoms. The summed E-state index contributed by atoms with van der Waals surface area (Å²) in [6.45, 7) is 19.2. The number of anilines is 1. The third-order valence-corrected chi connectivity index (χ3v) is 5.40. The molecule has 0 aromatic heterocycles. The summed E-state index contributed by atoms with van der Waals surface area (Å²) >= 11 is 0. The summed E-state index contributed by atoms with van der Waals surface area (Å²) in [6, 6.07) is 15.5. The van der Waals surface area contributed by atoms with Crippen LogP contribution in [0, 0.1) is 20.8 Å². The number of nitrogens with one attached hydrogen (secondary N) is 1. The number of aryl methyl sites for hydroxylation is 3. The van der Waals surface area contributed by atoms with E-state index >= 15 is 0 Å². The van der Waals surface area contributed by atoms with E-state index in [0.717, 1.165) is 19.5 Å². The zero-order valence-corrected chi connectivity index (χ0v) is 18.5. The Morgan fingerprint density at radius 3 is 2.29 bits per heavy atom. The highest BCUT2D eigenvalue weighted by Gasteiger charge is 2.20. The fourth-order valence-corrected chi connectivity index (χ4v) is 3.69. The van der Waals surface area contributed by atoms with Gasteiger partial charge < -0.3 is 10.2 Å². The Bertz CT molecular complexity index is 818. The van der Waals surface area contributed by atoms with Crippen LogP contribution in [0.5, 0.6) is 0 Å². The van der Waals surface area contributed by atoms with E-state index in [4.69, 9.17) is 0 Å². The molecule has 2 heteroatoms. The first-order valence-electron chi connectivity index (χ1n) is 10.3. The molecule has 1 atom stereocenters. The average Bonchev–Trinajstić information content (AvgIpc) is 2.68. The minimum atomic E-state index is 0.240. The molecule has 0 aliphatic heterocycles. The molecule has 0 fully saturated rings. The summed E-state index contributed by atoms with van der Waals surface area (Å²) in [7, 11) is 0. The summed E-state index contributed by atoms with van der Waals surface area (Å²) in [6.07, 6.45) is 3.28. The number of hydrogen-bond donors (Lipinski definition) is 1. The standard InChI is InChI=1S/C26H36N2/c1-8-15-28(23-13-11-10-12-14-23)26(19(3)4)18-27-25(9-2)24-17-21(6)20(5)16-22(24)7/h9-14,16-17,26-27H,3,8,15,18H2,1-2,4-7H3/b25-9-. The van der Waals surface area contributed by atoms with Gasteiger partial charge in [0.1, 0.15) is 0 Å². The van der Waals surface area contributed by atoms with Gasteiger partial charge in [-0.25, -0.2) is 0 Å². The maximum Gasteiger partial charge on any atom is 0.0669 e. The summed E-state index contributed by atoms with van der Waals surface area (Å²) in [4.78, 5) is 2.47. The van der Waals surface area contributed by atoms with E-state index < -0.39 is 0 Å². The Kier molecular flexibility index (Phi) is 7.92. The molecule has 1 N–H and O–H groups in total. The van der Waals surface area contributed by atoms with Crippen molar-refractivity contribution in [3.05, 3.63) is 82.9 Å². The lowest BCUT2D eigenvalue weighted by Crippen LogP contribution is -2.43.